The van der Waals surface area contributed by atoms with Crippen LogP contribution in [0.25, 0.3) is 0 Å². The van der Waals surface area contributed by atoms with Crippen LogP contribution in [-0.4, -0.2) is 43.7 Å². The summed E-state index contributed by atoms with van der Waals surface area (Å²) >= 11 is 0. The summed E-state index contributed by atoms with van der Waals surface area (Å²) < 4.78 is 10.5. The number of carbonyl (C=O) groups excluding carboxylic acids is 1. The summed E-state index contributed by atoms with van der Waals surface area (Å²) in [6.45, 7) is 3.27. The first-order chi connectivity index (χ1) is 9.54. The van der Waals surface area contributed by atoms with Gasteiger partial charge in [-0.25, -0.2) is 0 Å². The molecule has 0 unspecified atom stereocenters. The number of benzene rings is 1. The van der Waals surface area contributed by atoms with E-state index in [0.717, 1.165) is 12.8 Å². The second kappa shape index (κ2) is 5.71. The van der Waals surface area contributed by atoms with Gasteiger partial charge in [-0.2, -0.15) is 0 Å². The number of likely N-dealkylation sites (tertiary alicyclic amines) is 1. The van der Waals surface area contributed by atoms with Crippen LogP contribution in [0.2, 0.25) is 0 Å². The number of amides is 1. The average molecular weight is 278 g/mol. The second-order valence-corrected chi connectivity index (χ2v) is 5.31. The molecule has 0 bridgehead atoms. The first kappa shape index (κ1) is 14.7. The highest BCUT2D eigenvalue weighted by atomic mass is 16.5. The Morgan fingerprint density at radius 1 is 1.30 bits per heavy atom. The van der Waals surface area contributed by atoms with Crippen LogP contribution in [0, 0.1) is 0 Å². The predicted molar refractivity (Wildman–Crippen MR) is 77.3 cm³/mol. The van der Waals surface area contributed by atoms with Gasteiger partial charge in [-0.1, -0.05) is 19.4 Å². The first-order valence-electron chi connectivity index (χ1n) is 6.84. The Labute approximate surface area is 119 Å². The summed E-state index contributed by atoms with van der Waals surface area (Å²) in [5, 5.41) is 0. The van der Waals surface area contributed by atoms with Gasteiger partial charge < -0.3 is 20.1 Å². The van der Waals surface area contributed by atoms with Crippen molar-refractivity contribution in [1.82, 2.24) is 4.90 Å². The van der Waals surface area contributed by atoms with Crippen molar-refractivity contribution in [1.29, 1.82) is 0 Å². The summed E-state index contributed by atoms with van der Waals surface area (Å²) in [4.78, 5) is 14.3. The van der Waals surface area contributed by atoms with Gasteiger partial charge in [0.05, 0.1) is 19.8 Å². The lowest BCUT2D eigenvalue weighted by Crippen LogP contribution is -2.68. The number of hydrogen-bond acceptors (Lipinski definition) is 4. The minimum absolute atomic E-state index is 0.0866. The topological polar surface area (TPSA) is 64.8 Å². The molecule has 5 heteroatoms. The standard InChI is InChI=1S/C15H22N2O3/c1-4-8-15(16)9-17(10-15)14(18)13-11(19-2)6-5-7-12(13)20-3/h5-7H,4,8-10,16H2,1-3H3. The Hall–Kier alpha value is -1.75. The van der Waals surface area contributed by atoms with Crippen LogP contribution >= 0.6 is 0 Å². The quantitative estimate of drug-likeness (QED) is 0.889. The van der Waals surface area contributed by atoms with E-state index >= 15 is 0 Å². The molecule has 1 aliphatic heterocycles. The van der Waals surface area contributed by atoms with Gasteiger partial charge in [-0.15, -0.1) is 0 Å². The molecule has 5 nitrogen and oxygen atoms in total. The average Bonchev–Trinajstić information content (AvgIpc) is 2.43. The van der Waals surface area contributed by atoms with Crippen molar-refractivity contribution in [2.75, 3.05) is 27.3 Å². The number of methoxy groups -OCH3 is 2. The van der Waals surface area contributed by atoms with Crippen molar-refractivity contribution in [2.24, 2.45) is 5.73 Å². The lowest BCUT2D eigenvalue weighted by Gasteiger charge is -2.48. The van der Waals surface area contributed by atoms with E-state index in [0.29, 0.717) is 30.2 Å². The molecule has 1 amide bonds. The Balaban J connectivity index is 2.19. The monoisotopic (exact) mass is 278 g/mol. The summed E-state index contributed by atoms with van der Waals surface area (Å²) in [6.07, 6.45) is 1.95. The Morgan fingerprint density at radius 3 is 2.30 bits per heavy atom. The fourth-order valence-corrected chi connectivity index (χ4v) is 2.73. The predicted octanol–water partition coefficient (Wildman–Crippen LogP) is 1.66. The molecule has 1 aromatic rings. The van der Waals surface area contributed by atoms with Gasteiger partial charge in [0.2, 0.25) is 0 Å². The largest absolute Gasteiger partial charge is 0.496 e. The van der Waals surface area contributed by atoms with E-state index in [2.05, 4.69) is 6.92 Å². The molecule has 20 heavy (non-hydrogen) atoms. The summed E-state index contributed by atoms with van der Waals surface area (Å²) in [5.74, 6) is 0.968. The number of nitrogens with zero attached hydrogens (tertiary/aromatic N) is 1. The zero-order chi connectivity index (χ0) is 14.8. The zero-order valence-corrected chi connectivity index (χ0v) is 12.3. The number of nitrogens with two attached hydrogens (primary N) is 1. The van der Waals surface area contributed by atoms with Crippen LogP contribution in [0.1, 0.15) is 30.1 Å². The molecule has 110 valence electrons. The highest BCUT2D eigenvalue weighted by Gasteiger charge is 2.42. The van der Waals surface area contributed by atoms with Crippen LogP contribution in [0.3, 0.4) is 0 Å². The summed E-state index contributed by atoms with van der Waals surface area (Å²) in [5.41, 5.74) is 6.44. The molecular formula is C15H22N2O3. The minimum Gasteiger partial charge on any atom is -0.496 e. The van der Waals surface area contributed by atoms with Crippen molar-refractivity contribution in [3.63, 3.8) is 0 Å². The molecule has 0 saturated carbocycles. The number of ether oxygens (including phenoxy) is 2. The maximum absolute atomic E-state index is 12.6. The third kappa shape index (κ3) is 2.58. The number of carbonyl (C=O) groups is 1. The van der Waals surface area contributed by atoms with Crippen LogP contribution in [0.15, 0.2) is 18.2 Å². The maximum Gasteiger partial charge on any atom is 0.261 e. The molecular weight excluding hydrogens is 256 g/mol. The molecule has 0 aromatic heterocycles. The van der Waals surface area contributed by atoms with E-state index in [1.54, 1.807) is 37.3 Å². The highest BCUT2D eigenvalue weighted by molar-refractivity contribution is 6.00. The molecule has 0 aliphatic carbocycles. The molecule has 2 rings (SSSR count). The van der Waals surface area contributed by atoms with Gasteiger partial charge in [0.15, 0.2) is 0 Å². The van der Waals surface area contributed by atoms with Gasteiger partial charge in [0.1, 0.15) is 17.1 Å². The molecule has 1 heterocycles. The molecule has 0 atom stereocenters. The van der Waals surface area contributed by atoms with Gasteiger partial charge in [-0.05, 0) is 18.6 Å². The molecule has 1 fully saturated rings. The minimum atomic E-state index is -0.236. The zero-order valence-electron chi connectivity index (χ0n) is 12.3. The molecule has 2 N–H and O–H groups in total. The fraction of sp³-hybridized carbons (Fsp3) is 0.533. The lowest BCUT2D eigenvalue weighted by atomic mass is 9.86. The van der Waals surface area contributed by atoms with Crippen LogP contribution < -0.4 is 15.2 Å². The SMILES string of the molecule is CCCC1(N)CN(C(=O)c2c(OC)cccc2OC)C1. The third-order valence-corrected chi connectivity index (χ3v) is 3.69. The van der Waals surface area contributed by atoms with Crippen LogP contribution in [0.5, 0.6) is 11.5 Å². The van der Waals surface area contributed by atoms with Crippen molar-refractivity contribution in [3.8, 4) is 11.5 Å². The van der Waals surface area contributed by atoms with Crippen molar-refractivity contribution >= 4 is 5.91 Å². The molecule has 0 spiro atoms. The van der Waals surface area contributed by atoms with E-state index in [9.17, 15) is 4.79 Å². The normalized spacial score (nSPS) is 16.5. The van der Waals surface area contributed by atoms with Crippen molar-refractivity contribution in [3.05, 3.63) is 23.8 Å². The van der Waals surface area contributed by atoms with Crippen LogP contribution in [-0.2, 0) is 0 Å². The summed E-state index contributed by atoms with van der Waals surface area (Å²) in [7, 11) is 3.10. The van der Waals surface area contributed by atoms with Crippen LogP contribution in [0.4, 0.5) is 0 Å². The van der Waals surface area contributed by atoms with E-state index < -0.39 is 0 Å². The molecule has 1 saturated heterocycles. The van der Waals surface area contributed by atoms with E-state index in [-0.39, 0.29) is 11.4 Å². The lowest BCUT2D eigenvalue weighted by molar-refractivity contribution is 0.0380. The molecule has 1 aliphatic rings. The van der Waals surface area contributed by atoms with Crippen molar-refractivity contribution in [2.45, 2.75) is 25.3 Å². The first-order valence-corrected chi connectivity index (χ1v) is 6.84. The fourth-order valence-electron chi connectivity index (χ4n) is 2.73. The Kier molecular flexibility index (Phi) is 4.18. The molecule has 1 aromatic carbocycles. The second-order valence-electron chi connectivity index (χ2n) is 5.31. The number of rotatable bonds is 5. The van der Waals surface area contributed by atoms with Gasteiger partial charge >= 0.3 is 0 Å². The summed E-state index contributed by atoms with van der Waals surface area (Å²) in [6, 6.07) is 5.32. The number of hydrogen-bond donors (Lipinski definition) is 1. The molecule has 0 radical (unpaired) electrons. The van der Waals surface area contributed by atoms with E-state index in [4.69, 9.17) is 15.2 Å². The van der Waals surface area contributed by atoms with Gasteiger partial charge in [0.25, 0.3) is 5.91 Å². The van der Waals surface area contributed by atoms with Gasteiger partial charge in [0, 0.05) is 13.1 Å². The smallest absolute Gasteiger partial charge is 0.261 e. The van der Waals surface area contributed by atoms with Crippen molar-refractivity contribution < 1.29 is 14.3 Å². The van der Waals surface area contributed by atoms with Gasteiger partial charge in [-0.3, -0.25) is 4.79 Å². The third-order valence-electron chi connectivity index (χ3n) is 3.69. The Morgan fingerprint density at radius 2 is 1.85 bits per heavy atom. The highest BCUT2D eigenvalue weighted by Crippen LogP contribution is 2.33. The Bertz CT molecular complexity index is 474. The maximum atomic E-state index is 12.6. The van der Waals surface area contributed by atoms with E-state index in [1.807, 2.05) is 0 Å². The van der Waals surface area contributed by atoms with E-state index in [1.165, 1.54) is 0 Å².